The highest BCUT2D eigenvalue weighted by Crippen LogP contribution is 2.10. The molecule has 0 unspecified atom stereocenters. The minimum atomic E-state index is -0.307. The summed E-state index contributed by atoms with van der Waals surface area (Å²) in [4.78, 5) is 35.7. The molecule has 2 amide bonds. The highest BCUT2D eigenvalue weighted by molar-refractivity contribution is 6.12. The van der Waals surface area contributed by atoms with Gasteiger partial charge in [-0.25, -0.2) is 0 Å². The Morgan fingerprint density at radius 2 is 0.787 bits per heavy atom. The molecule has 0 radical (unpaired) electrons. The van der Waals surface area contributed by atoms with Gasteiger partial charge in [-0.15, -0.1) is 0 Å². The number of amides is 2. The maximum absolute atomic E-state index is 11.8. The molecule has 1 rings (SSSR count). The van der Waals surface area contributed by atoms with Crippen LogP contribution >= 0.6 is 0 Å². The van der Waals surface area contributed by atoms with Crippen molar-refractivity contribution in [3.63, 3.8) is 0 Å². The van der Waals surface area contributed by atoms with Gasteiger partial charge in [0.1, 0.15) is 6.61 Å². The predicted molar refractivity (Wildman–Crippen MR) is 175 cm³/mol. The molecule has 0 saturated heterocycles. The average Bonchev–Trinajstić information content (AvgIpc) is 3.39. The maximum Gasteiger partial charge on any atom is 0.305 e. The number of imide groups is 1. The van der Waals surface area contributed by atoms with Crippen LogP contribution in [-0.2, 0) is 57.0 Å². The van der Waals surface area contributed by atoms with Crippen LogP contribution in [0.25, 0.3) is 0 Å². The minimum absolute atomic E-state index is 0.143. The zero-order valence-electron chi connectivity index (χ0n) is 28.8. The van der Waals surface area contributed by atoms with E-state index in [0.29, 0.717) is 106 Å². The first kappa shape index (κ1) is 43.1. The Balaban J connectivity index is 1.65. The van der Waals surface area contributed by atoms with Crippen LogP contribution < -0.4 is 0 Å². The Labute approximate surface area is 281 Å². The summed E-state index contributed by atoms with van der Waals surface area (Å²) < 4.78 is 48.7. The molecule has 0 aliphatic carbocycles. The second kappa shape index (κ2) is 33.9. The highest BCUT2D eigenvalue weighted by Gasteiger charge is 2.22. The summed E-state index contributed by atoms with van der Waals surface area (Å²) in [5.74, 6) is -0.757. The van der Waals surface area contributed by atoms with Crippen LogP contribution in [-0.4, -0.2) is 142 Å². The van der Waals surface area contributed by atoms with Gasteiger partial charge in [0.25, 0.3) is 11.8 Å². The molecule has 0 atom stereocenters. The topological polar surface area (TPSA) is 138 Å². The molecule has 0 aromatic rings. The highest BCUT2D eigenvalue weighted by atomic mass is 16.6. The lowest BCUT2D eigenvalue weighted by Crippen LogP contribution is -2.33. The Morgan fingerprint density at radius 3 is 1.17 bits per heavy atom. The molecule has 0 spiro atoms. The summed E-state index contributed by atoms with van der Waals surface area (Å²) in [6, 6.07) is 0. The first-order chi connectivity index (χ1) is 23.1. The van der Waals surface area contributed by atoms with Gasteiger partial charge < -0.3 is 42.6 Å². The van der Waals surface area contributed by atoms with E-state index in [0.717, 1.165) is 17.7 Å². The van der Waals surface area contributed by atoms with Gasteiger partial charge in [0.05, 0.1) is 112 Å². The molecule has 0 aromatic heterocycles. The summed E-state index contributed by atoms with van der Waals surface area (Å²) in [7, 11) is 0. The second-order valence-corrected chi connectivity index (χ2v) is 10.9. The lowest BCUT2D eigenvalue weighted by atomic mass is 10.1. The number of hydrogen-bond donors (Lipinski definition) is 0. The van der Waals surface area contributed by atoms with Crippen LogP contribution in [0.2, 0.25) is 0 Å². The predicted octanol–water partition coefficient (Wildman–Crippen LogP) is 3.51. The van der Waals surface area contributed by atoms with Gasteiger partial charge in [0, 0.05) is 18.6 Å². The Morgan fingerprint density at radius 1 is 0.468 bits per heavy atom. The average molecular weight is 676 g/mol. The van der Waals surface area contributed by atoms with Crippen LogP contribution in [0.3, 0.4) is 0 Å². The van der Waals surface area contributed by atoms with E-state index >= 15 is 0 Å². The third kappa shape index (κ3) is 28.7. The molecule has 1 aliphatic heterocycles. The Bertz CT molecular complexity index is 764. The van der Waals surface area contributed by atoms with E-state index in [1.54, 1.807) is 0 Å². The third-order valence-corrected chi connectivity index (χ3v) is 6.94. The molecular weight excluding hydrogens is 614 g/mol. The van der Waals surface area contributed by atoms with Crippen molar-refractivity contribution in [2.45, 2.75) is 71.1 Å². The van der Waals surface area contributed by atoms with Crippen LogP contribution in [0.1, 0.15) is 71.1 Å². The minimum Gasteiger partial charge on any atom is -0.463 e. The number of hydrogen-bond acceptors (Lipinski definition) is 12. The molecule has 0 N–H and O–H groups in total. The molecule has 1 heterocycles. The van der Waals surface area contributed by atoms with E-state index in [2.05, 4.69) is 6.92 Å². The monoisotopic (exact) mass is 675 g/mol. The van der Waals surface area contributed by atoms with E-state index < -0.39 is 0 Å². The summed E-state index contributed by atoms with van der Waals surface area (Å²) in [5.41, 5.74) is 0. The van der Waals surface area contributed by atoms with Crippen molar-refractivity contribution < 1.29 is 57.0 Å². The number of esters is 1. The van der Waals surface area contributed by atoms with Crippen molar-refractivity contribution in [3.8, 4) is 0 Å². The summed E-state index contributed by atoms with van der Waals surface area (Å²) >= 11 is 0. The molecule has 0 aromatic carbocycles. The van der Waals surface area contributed by atoms with E-state index in [4.69, 9.17) is 42.6 Å². The Kier molecular flexibility index (Phi) is 31.1. The molecule has 47 heavy (non-hydrogen) atoms. The molecule has 13 heteroatoms. The number of nitrogens with zero attached hydrogens (tertiary/aromatic N) is 1. The molecule has 0 fully saturated rings. The fraction of sp³-hybridized carbons (Fsp3) is 0.853. The smallest absolute Gasteiger partial charge is 0.305 e. The Hall–Kier alpha value is -1.97. The fourth-order valence-electron chi connectivity index (χ4n) is 4.32. The van der Waals surface area contributed by atoms with E-state index in [-0.39, 0.29) is 37.5 Å². The maximum atomic E-state index is 11.8. The van der Waals surface area contributed by atoms with Gasteiger partial charge in [-0.2, -0.15) is 0 Å². The van der Waals surface area contributed by atoms with Crippen molar-refractivity contribution in [3.05, 3.63) is 12.2 Å². The zero-order valence-corrected chi connectivity index (χ0v) is 28.8. The third-order valence-electron chi connectivity index (χ3n) is 6.94. The van der Waals surface area contributed by atoms with E-state index in [1.807, 2.05) is 0 Å². The molecule has 13 nitrogen and oxygen atoms in total. The van der Waals surface area contributed by atoms with Crippen molar-refractivity contribution in [2.75, 3.05) is 119 Å². The van der Waals surface area contributed by atoms with Gasteiger partial charge in [-0.1, -0.05) is 58.3 Å². The standard InChI is InChI=1S/C34H61NO12/c1-2-3-4-5-6-7-8-9-10-11-34(38)47-31-30-46-29-28-45-27-26-44-25-24-43-23-22-42-21-20-41-19-18-40-17-16-39-15-14-35-32(36)12-13-33(35)37/h12-13H,2-11,14-31H2,1H3. The first-order valence-electron chi connectivity index (χ1n) is 17.5. The van der Waals surface area contributed by atoms with Gasteiger partial charge in [-0.05, 0) is 6.42 Å². The number of rotatable bonds is 37. The quantitative estimate of drug-likeness (QED) is 0.0541. The summed E-state index contributed by atoms with van der Waals surface area (Å²) in [6.45, 7) is 9.79. The number of ether oxygens (including phenoxy) is 9. The van der Waals surface area contributed by atoms with Gasteiger partial charge in [-0.3, -0.25) is 19.3 Å². The molecule has 0 bridgehead atoms. The van der Waals surface area contributed by atoms with Gasteiger partial charge >= 0.3 is 5.97 Å². The van der Waals surface area contributed by atoms with Crippen LogP contribution in [0.4, 0.5) is 0 Å². The summed E-state index contributed by atoms with van der Waals surface area (Å²) in [6.07, 6.45) is 14.1. The molecule has 0 saturated carbocycles. The van der Waals surface area contributed by atoms with E-state index in [9.17, 15) is 14.4 Å². The number of unbranched alkanes of at least 4 members (excludes halogenated alkanes) is 8. The van der Waals surface area contributed by atoms with Crippen molar-refractivity contribution in [2.24, 2.45) is 0 Å². The van der Waals surface area contributed by atoms with E-state index in [1.165, 1.54) is 57.1 Å². The number of carbonyl (C=O) groups is 3. The normalized spacial score (nSPS) is 12.9. The second-order valence-electron chi connectivity index (χ2n) is 10.9. The number of carbonyl (C=O) groups excluding carboxylic acids is 3. The zero-order chi connectivity index (χ0) is 33.9. The SMILES string of the molecule is CCCCCCCCCCCC(=O)OCCOCCOCCOCCOCCOCCOCCOCCOCCN1C(=O)C=CC1=O. The van der Waals surface area contributed by atoms with Gasteiger partial charge in [0.15, 0.2) is 0 Å². The molecule has 1 aliphatic rings. The van der Waals surface area contributed by atoms with Crippen molar-refractivity contribution in [1.82, 2.24) is 4.90 Å². The van der Waals surface area contributed by atoms with Crippen LogP contribution in [0, 0.1) is 0 Å². The largest absolute Gasteiger partial charge is 0.463 e. The van der Waals surface area contributed by atoms with Crippen molar-refractivity contribution >= 4 is 17.8 Å². The first-order valence-corrected chi connectivity index (χ1v) is 17.5. The lowest BCUT2D eigenvalue weighted by Gasteiger charge is -2.13. The molecular formula is C34H61NO12. The van der Waals surface area contributed by atoms with Crippen LogP contribution in [0.15, 0.2) is 12.2 Å². The van der Waals surface area contributed by atoms with Gasteiger partial charge in [0.2, 0.25) is 0 Å². The van der Waals surface area contributed by atoms with Crippen molar-refractivity contribution in [1.29, 1.82) is 0 Å². The fourth-order valence-corrected chi connectivity index (χ4v) is 4.32. The lowest BCUT2D eigenvalue weighted by molar-refractivity contribution is -0.145. The van der Waals surface area contributed by atoms with Crippen LogP contribution in [0.5, 0.6) is 0 Å². The summed E-state index contributed by atoms with van der Waals surface area (Å²) in [5, 5.41) is 0. The molecule has 274 valence electrons.